The molecule has 0 radical (unpaired) electrons. The zero-order chi connectivity index (χ0) is 15.7. The van der Waals surface area contributed by atoms with E-state index in [4.69, 9.17) is 4.74 Å². The van der Waals surface area contributed by atoms with E-state index in [1.807, 2.05) is 13.8 Å². The van der Waals surface area contributed by atoms with Crippen LogP contribution in [0.2, 0.25) is 0 Å². The van der Waals surface area contributed by atoms with Crippen LogP contribution in [0.3, 0.4) is 0 Å². The highest BCUT2D eigenvalue weighted by Gasteiger charge is 2.16. The summed E-state index contributed by atoms with van der Waals surface area (Å²) in [5.74, 6) is 1.13. The number of aromatic nitrogens is 6. The van der Waals surface area contributed by atoms with Crippen LogP contribution in [0.5, 0.6) is 6.01 Å². The molecule has 22 heavy (non-hydrogen) atoms. The number of hydrogen-bond acceptors (Lipinski definition) is 7. The molecule has 0 N–H and O–H groups in total. The molecule has 116 valence electrons. The molecule has 0 saturated carbocycles. The Hall–Kier alpha value is -2.29. The Morgan fingerprint density at radius 2 is 2.05 bits per heavy atom. The van der Waals surface area contributed by atoms with Gasteiger partial charge in [0.1, 0.15) is 10.8 Å². The first-order valence-corrected chi connectivity index (χ1v) is 7.78. The van der Waals surface area contributed by atoms with Crippen molar-refractivity contribution in [3.05, 3.63) is 32.9 Å². The molecule has 0 unspecified atom stereocenters. The molecule has 3 heterocycles. The van der Waals surface area contributed by atoms with Gasteiger partial charge in [0.15, 0.2) is 0 Å². The molecule has 3 aromatic heterocycles. The number of methoxy groups -OCH3 is 1. The van der Waals surface area contributed by atoms with E-state index in [1.165, 1.54) is 29.2 Å². The third kappa shape index (κ3) is 2.47. The Morgan fingerprint density at radius 3 is 2.68 bits per heavy atom. The maximum Gasteiger partial charge on any atom is 0.315 e. The van der Waals surface area contributed by atoms with E-state index < -0.39 is 0 Å². The predicted molar refractivity (Wildman–Crippen MR) is 81.6 cm³/mol. The van der Waals surface area contributed by atoms with E-state index in [1.54, 1.807) is 4.68 Å². The third-order valence-corrected chi connectivity index (χ3v) is 3.98. The highest BCUT2D eigenvalue weighted by molar-refractivity contribution is 7.05. The second-order valence-corrected chi connectivity index (χ2v) is 5.50. The van der Waals surface area contributed by atoms with Crippen LogP contribution in [0.15, 0.2) is 10.9 Å². The molecule has 0 fully saturated rings. The van der Waals surface area contributed by atoms with Gasteiger partial charge in [-0.3, -0.25) is 4.79 Å². The Bertz CT molecular complexity index is 865. The van der Waals surface area contributed by atoms with Crippen molar-refractivity contribution in [2.45, 2.75) is 33.2 Å². The van der Waals surface area contributed by atoms with Crippen LogP contribution in [0.1, 0.15) is 30.4 Å². The van der Waals surface area contributed by atoms with Crippen LogP contribution < -0.4 is 10.3 Å². The summed E-state index contributed by atoms with van der Waals surface area (Å²) >= 11 is 1.31. The molecule has 9 heteroatoms. The van der Waals surface area contributed by atoms with Crippen LogP contribution in [-0.2, 0) is 19.4 Å². The monoisotopic (exact) mass is 320 g/mol. The van der Waals surface area contributed by atoms with Gasteiger partial charge >= 0.3 is 6.01 Å². The SMILES string of the molecule is CCc1cc(=O)n2c(n1)nc(OC)n2Cc1nc(CC)ns1. The van der Waals surface area contributed by atoms with Crippen LogP contribution in [0.25, 0.3) is 5.78 Å². The lowest BCUT2D eigenvalue weighted by atomic mass is 10.3. The molecule has 0 aliphatic heterocycles. The van der Waals surface area contributed by atoms with E-state index >= 15 is 0 Å². The van der Waals surface area contributed by atoms with Gasteiger partial charge < -0.3 is 4.74 Å². The van der Waals surface area contributed by atoms with E-state index in [-0.39, 0.29) is 5.56 Å². The molecule has 0 spiro atoms. The van der Waals surface area contributed by atoms with Crippen LogP contribution >= 0.6 is 11.5 Å². The zero-order valence-corrected chi connectivity index (χ0v) is 13.4. The van der Waals surface area contributed by atoms with Crippen molar-refractivity contribution in [1.29, 1.82) is 0 Å². The minimum atomic E-state index is -0.183. The first-order chi connectivity index (χ1) is 10.7. The van der Waals surface area contributed by atoms with Crippen molar-refractivity contribution in [2.75, 3.05) is 7.11 Å². The lowest BCUT2D eigenvalue weighted by Crippen LogP contribution is -2.22. The summed E-state index contributed by atoms with van der Waals surface area (Å²) in [5.41, 5.74) is 0.527. The second kappa shape index (κ2) is 5.84. The van der Waals surface area contributed by atoms with Gasteiger partial charge in [-0.05, 0) is 18.0 Å². The standard InChI is InChI=1S/C13H16N6O2S/c1-4-8-6-11(20)19-12(14-8)16-13(21-3)18(19)7-10-15-9(5-2)17-22-10/h6H,4-5,7H2,1-3H3. The fraction of sp³-hybridized carbons (Fsp3) is 0.462. The molecule has 0 aliphatic carbocycles. The van der Waals surface area contributed by atoms with Gasteiger partial charge in [0.05, 0.1) is 13.7 Å². The van der Waals surface area contributed by atoms with Gasteiger partial charge in [-0.2, -0.15) is 13.9 Å². The molecular formula is C13H16N6O2S. The lowest BCUT2D eigenvalue weighted by Gasteiger charge is -2.05. The van der Waals surface area contributed by atoms with E-state index in [0.29, 0.717) is 30.4 Å². The Balaban J connectivity index is 2.12. The molecule has 0 saturated heterocycles. The maximum absolute atomic E-state index is 12.3. The van der Waals surface area contributed by atoms with Crippen molar-refractivity contribution in [3.8, 4) is 6.01 Å². The highest BCUT2D eigenvalue weighted by Crippen LogP contribution is 2.14. The van der Waals surface area contributed by atoms with Crippen molar-refractivity contribution in [3.63, 3.8) is 0 Å². The average Bonchev–Trinajstić information content (AvgIpc) is 3.12. The minimum Gasteiger partial charge on any atom is -0.467 e. The first kappa shape index (κ1) is 14.6. The first-order valence-electron chi connectivity index (χ1n) is 7.01. The summed E-state index contributed by atoms with van der Waals surface area (Å²) < 4.78 is 12.6. The number of aryl methyl sites for hydroxylation is 2. The van der Waals surface area contributed by atoms with Gasteiger partial charge in [-0.1, -0.05) is 13.8 Å². The smallest absolute Gasteiger partial charge is 0.315 e. The molecule has 0 amide bonds. The number of rotatable bonds is 5. The molecule has 0 aliphatic rings. The number of nitrogens with zero attached hydrogens (tertiary/aromatic N) is 6. The van der Waals surface area contributed by atoms with Gasteiger partial charge in [0, 0.05) is 18.2 Å². The second-order valence-electron chi connectivity index (χ2n) is 4.67. The Morgan fingerprint density at radius 1 is 1.23 bits per heavy atom. The summed E-state index contributed by atoms with van der Waals surface area (Å²) in [6.45, 7) is 4.31. The number of fused-ring (bicyclic) bond motifs is 1. The predicted octanol–water partition coefficient (Wildman–Crippen LogP) is 0.924. The van der Waals surface area contributed by atoms with Crippen LogP contribution in [0, 0.1) is 0 Å². The zero-order valence-electron chi connectivity index (χ0n) is 12.6. The molecule has 0 atom stereocenters. The number of hydrogen-bond donors (Lipinski definition) is 0. The van der Waals surface area contributed by atoms with Gasteiger partial charge in [0.25, 0.3) is 11.3 Å². The molecule has 0 aromatic carbocycles. The van der Waals surface area contributed by atoms with Crippen LogP contribution in [-0.4, -0.2) is 35.6 Å². The topological polar surface area (TPSA) is 87.2 Å². The van der Waals surface area contributed by atoms with Crippen LogP contribution in [0.4, 0.5) is 0 Å². The fourth-order valence-corrected chi connectivity index (χ4v) is 2.84. The van der Waals surface area contributed by atoms with E-state index in [2.05, 4.69) is 19.3 Å². The third-order valence-electron chi connectivity index (χ3n) is 3.25. The molecule has 3 rings (SSSR count). The van der Waals surface area contributed by atoms with E-state index in [9.17, 15) is 4.79 Å². The molecule has 3 aromatic rings. The average molecular weight is 320 g/mol. The van der Waals surface area contributed by atoms with Gasteiger partial charge in [-0.25, -0.2) is 14.6 Å². The number of ether oxygens (including phenoxy) is 1. The van der Waals surface area contributed by atoms with Gasteiger partial charge in [0.2, 0.25) is 0 Å². The quantitative estimate of drug-likeness (QED) is 0.695. The van der Waals surface area contributed by atoms with Crippen molar-refractivity contribution in [2.24, 2.45) is 0 Å². The molecule has 8 nitrogen and oxygen atoms in total. The summed E-state index contributed by atoms with van der Waals surface area (Å²) in [6.07, 6.45) is 1.46. The fourth-order valence-electron chi connectivity index (χ4n) is 2.13. The lowest BCUT2D eigenvalue weighted by molar-refractivity contribution is 0.347. The van der Waals surface area contributed by atoms with Gasteiger partial charge in [-0.15, -0.1) is 0 Å². The molecule has 0 bridgehead atoms. The Labute approximate surface area is 130 Å². The largest absolute Gasteiger partial charge is 0.467 e. The van der Waals surface area contributed by atoms with Crippen molar-refractivity contribution >= 4 is 17.3 Å². The highest BCUT2D eigenvalue weighted by atomic mass is 32.1. The maximum atomic E-state index is 12.3. The minimum absolute atomic E-state index is 0.183. The summed E-state index contributed by atoms with van der Waals surface area (Å²) in [7, 11) is 1.51. The van der Waals surface area contributed by atoms with Crippen molar-refractivity contribution in [1.82, 2.24) is 28.5 Å². The Kier molecular flexibility index (Phi) is 3.88. The van der Waals surface area contributed by atoms with Crippen molar-refractivity contribution < 1.29 is 4.74 Å². The van der Waals surface area contributed by atoms with E-state index in [0.717, 1.165) is 17.3 Å². The molecular weight excluding hydrogens is 304 g/mol. The summed E-state index contributed by atoms with van der Waals surface area (Å²) in [5, 5.41) is 0.793. The normalized spacial score (nSPS) is 11.2. The summed E-state index contributed by atoms with van der Waals surface area (Å²) in [6, 6.07) is 1.84. The summed E-state index contributed by atoms with van der Waals surface area (Å²) in [4.78, 5) is 25.4.